The van der Waals surface area contributed by atoms with Crippen molar-refractivity contribution in [3.05, 3.63) is 33.7 Å². The van der Waals surface area contributed by atoms with E-state index in [4.69, 9.17) is 0 Å². The van der Waals surface area contributed by atoms with Gasteiger partial charge in [-0.2, -0.15) is 0 Å². The molecule has 3 rings (SSSR count). The van der Waals surface area contributed by atoms with Gasteiger partial charge in [-0.25, -0.2) is 0 Å². The quantitative estimate of drug-likeness (QED) is 0.908. The predicted octanol–water partition coefficient (Wildman–Crippen LogP) is 1.80. The molecule has 0 aromatic carbocycles. The lowest BCUT2D eigenvalue weighted by Gasteiger charge is -2.41. The Morgan fingerprint density at radius 2 is 2.00 bits per heavy atom. The van der Waals surface area contributed by atoms with E-state index < -0.39 is 5.41 Å². The zero-order valence-corrected chi connectivity index (χ0v) is 15.3. The van der Waals surface area contributed by atoms with Crippen LogP contribution in [0.15, 0.2) is 16.9 Å². The molecule has 2 amide bonds. The molecule has 136 valence electrons. The van der Waals surface area contributed by atoms with E-state index in [1.54, 1.807) is 11.0 Å². The number of pyridine rings is 1. The average Bonchev–Trinajstić information content (AvgIpc) is 3.01. The number of carbonyl (C=O) groups is 2. The first-order chi connectivity index (χ1) is 11.9. The van der Waals surface area contributed by atoms with Gasteiger partial charge in [0.1, 0.15) is 0 Å². The molecule has 1 aromatic heterocycles. The highest BCUT2D eigenvalue weighted by atomic mass is 16.2. The minimum Gasteiger partial charge on any atom is -0.340 e. The zero-order chi connectivity index (χ0) is 18.2. The molecule has 1 N–H and O–H groups in total. The van der Waals surface area contributed by atoms with Gasteiger partial charge < -0.3 is 14.8 Å². The van der Waals surface area contributed by atoms with Crippen molar-refractivity contribution in [1.82, 2.24) is 14.8 Å². The van der Waals surface area contributed by atoms with Crippen LogP contribution in [0, 0.1) is 5.41 Å². The number of carbonyl (C=O) groups excluding carboxylic acids is 2. The van der Waals surface area contributed by atoms with Crippen molar-refractivity contribution < 1.29 is 9.59 Å². The SMILES string of the molecule is CCc1cc(C(=O)N2CC[C@]3(CCCN(C(C)C)C3=O)C2)cc(=O)[nH]1. The van der Waals surface area contributed by atoms with Crippen molar-refractivity contribution in [3.8, 4) is 0 Å². The highest BCUT2D eigenvalue weighted by Crippen LogP contribution is 2.41. The Morgan fingerprint density at radius 1 is 1.24 bits per heavy atom. The van der Waals surface area contributed by atoms with Crippen LogP contribution >= 0.6 is 0 Å². The van der Waals surface area contributed by atoms with Gasteiger partial charge in [0.2, 0.25) is 11.5 Å². The summed E-state index contributed by atoms with van der Waals surface area (Å²) in [6.45, 7) is 7.85. The molecule has 0 bridgehead atoms. The standard InChI is InChI=1S/C19H27N3O3/c1-4-15-10-14(11-16(23)20-15)17(24)21-9-7-19(12-21)6-5-8-22(13(2)3)18(19)25/h10-11,13H,4-9,12H2,1-3H3,(H,20,23)/t19-/m1/s1. The number of nitrogens with one attached hydrogen (secondary N) is 1. The number of aryl methyl sites for hydroxylation is 1. The summed E-state index contributed by atoms with van der Waals surface area (Å²) in [5, 5.41) is 0. The third kappa shape index (κ3) is 3.22. The second-order valence-electron chi connectivity index (χ2n) is 7.56. The number of nitrogens with zero attached hydrogens (tertiary/aromatic N) is 2. The van der Waals surface area contributed by atoms with E-state index in [1.165, 1.54) is 6.07 Å². The fourth-order valence-electron chi connectivity index (χ4n) is 4.12. The molecule has 6 nitrogen and oxygen atoms in total. The molecule has 1 atom stereocenters. The summed E-state index contributed by atoms with van der Waals surface area (Å²) >= 11 is 0. The Bertz CT molecular complexity index is 740. The molecule has 2 aliphatic heterocycles. The number of amides is 2. The van der Waals surface area contributed by atoms with Gasteiger partial charge in [0, 0.05) is 43.0 Å². The summed E-state index contributed by atoms with van der Waals surface area (Å²) in [7, 11) is 0. The van der Waals surface area contributed by atoms with Gasteiger partial charge in [-0.05, 0) is 45.6 Å². The van der Waals surface area contributed by atoms with Crippen LogP contribution in [-0.2, 0) is 11.2 Å². The number of aromatic nitrogens is 1. The first kappa shape index (κ1) is 17.7. The van der Waals surface area contributed by atoms with Gasteiger partial charge >= 0.3 is 0 Å². The van der Waals surface area contributed by atoms with E-state index in [0.29, 0.717) is 31.5 Å². The van der Waals surface area contributed by atoms with E-state index in [-0.39, 0.29) is 23.4 Å². The number of H-pyrrole nitrogens is 1. The molecule has 0 radical (unpaired) electrons. The topological polar surface area (TPSA) is 73.5 Å². The molecule has 0 aliphatic carbocycles. The molecule has 0 unspecified atom stereocenters. The molecule has 1 spiro atoms. The van der Waals surface area contributed by atoms with E-state index >= 15 is 0 Å². The monoisotopic (exact) mass is 345 g/mol. The van der Waals surface area contributed by atoms with Gasteiger partial charge in [0.05, 0.1) is 5.41 Å². The maximum atomic E-state index is 13.0. The normalized spacial score (nSPS) is 23.8. The first-order valence-electron chi connectivity index (χ1n) is 9.20. The minimum absolute atomic E-state index is 0.146. The Balaban J connectivity index is 1.80. The van der Waals surface area contributed by atoms with Crippen molar-refractivity contribution in [3.63, 3.8) is 0 Å². The summed E-state index contributed by atoms with van der Waals surface area (Å²) in [5.74, 6) is 0.0383. The molecule has 6 heteroatoms. The van der Waals surface area contributed by atoms with Crippen LogP contribution in [0.4, 0.5) is 0 Å². The predicted molar refractivity (Wildman–Crippen MR) is 95.5 cm³/mol. The Kier molecular flexibility index (Phi) is 4.71. The molecule has 2 fully saturated rings. The molecular formula is C19H27N3O3. The highest BCUT2D eigenvalue weighted by Gasteiger charge is 2.49. The van der Waals surface area contributed by atoms with Crippen LogP contribution in [0.3, 0.4) is 0 Å². The smallest absolute Gasteiger partial charge is 0.254 e. The van der Waals surface area contributed by atoms with Crippen molar-refractivity contribution in [2.45, 2.75) is 52.5 Å². The Morgan fingerprint density at radius 3 is 2.68 bits per heavy atom. The number of aromatic amines is 1. The molecule has 2 aliphatic rings. The number of rotatable bonds is 3. The second-order valence-corrected chi connectivity index (χ2v) is 7.56. The molecule has 0 saturated carbocycles. The minimum atomic E-state index is -0.438. The molecule has 3 heterocycles. The number of hydrogen-bond acceptors (Lipinski definition) is 3. The summed E-state index contributed by atoms with van der Waals surface area (Å²) in [5.41, 5.74) is 0.481. The Hall–Kier alpha value is -2.11. The number of hydrogen-bond donors (Lipinski definition) is 1. The second kappa shape index (κ2) is 6.65. The van der Waals surface area contributed by atoms with Crippen LogP contribution in [0.5, 0.6) is 0 Å². The lowest BCUT2D eigenvalue weighted by Crippen LogP contribution is -2.52. The summed E-state index contributed by atoms with van der Waals surface area (Å²) in [4.78, 5) is 44.0. The van der Waals surface area contributed by atoms with Gasteiger partial charge in [-0.3, -0.25) is 14.4 Å². The third-order valence-corrected chi connectivity index (χ3v) is 5.56. The first-order valence-corrected chi connectivity index (χ1v) is 9.20. The summed E-state index contributed by atoms with van der Waals surface area (Å²) < 4.78 is 0. The molecule has 25 heavy (non-hydrogen) atoms. The van der Waals surface area contributed by atoms with E-state index in [1.807, 2.05) is 25.7 Å². The summed E-state index contributed by atoms with van der Waals surface area (Å²) in [6.07, 6.45) is 3.21. The molecular weight excluding hydrogens is 318 g/mol. The van der Waals surface area contributed by atoms with Gasteiger partial charge in [-0.1, -0.05) is 6.92 Å². The van der Waals surface area contributed by atoms with Gasteiger partial charge in [0.15, 0.2) is 0 Å². The average molecular weight is 345 g/mol. The lowest BCUT2D eigenvalue weighted by molar-refractivity contribution is -0.147. The molecule has 1 aromatic rings. The van der Waals surface area contributed by atoms with Crippen LogP contribution in [0.25, 0.3) is 0 Å². The molecule has 2 saturated heterocycles. The maximum absolute atomic E-state index is 13.0. The van der Waals surface area contributed by atoms with Gasteiger partial charge in [0.25, 0.3) is 5.91 Å². The maximum Gasteiger partial charge on any atom is 0.254 e. The summed E-state index contributed by atoms with van der Waals surface area (Å²) in [6, 6.07) is 3.29. The largest absolute Gasteiger partial charge is 0.340 e. The fourth-order valence-corrected chi connectivity index (χ4v) is 4.12. The third-order valence-electron chi connectivity index (χ3n) is 5.56. The fraction of sp³-hybridized carbons (Fsp3) is 0.632. The Labute approximate surface area is 148 Å². The van der Waals surface area contributed by atoms with E-state index in [0.717, 1.165) is 25.1 Å². The number of likely N-dealkylation sites (tertiary alicyclic amines) is 2. The number of piperidine rings is 1. The van der Waals surface area contributed by atoms with Crippen LogP contribution < -0.4 is 5.56 Å². The lowest BCUT2D eigenvalue weighted by atomic mass is 9.78. The highest BCUT2D eigenvalue weighted by molar-refractivity contribution is 5.95. The van der Waals surface area contributed by atoms with Crippen molar-refractivity contribution in [2.24, 2.45) is 5.41 Å². The van der Waals surface area contributed by atoms with E-state index in [9.17, 15) is 14.4 Å². The van der Waals surface area contributed by atoms with Crippen LogP contribution in [0.1, 0.15) is 56.1 Å². The van der Waals surface area contributed by atoms with Crippen molar-refractivity contribution in [1.29, 1.82) is 0 Å². The van der Waals surface area contributed by atoms with Crippen LogP contribution in [0.2, 0.25) is 0 Å². The van der Waals surface area contributed by atoms with Crippen molar-refractivity contribution in [2.75, 3.05) is 19.6 Å². The van der Waals surface area contributed by atoms with Gasteiger partial charge in [-0.15, -0.1) is 0 Å². The van der Waals surface area contributed by atoms with Crippen LogP contribution in [-0.4, -0.2) is 52.3 Å². The van der Waals surface area contributed by atoms with Crippen molar-refractivity contribution >= 4 is 11.8 Å². The zero-order valence-electron chi connectivity index (χ0n) is 15.3. The van der Waals surface area contributed by atoms with E-state index in [2.05, 4.69) is 4.98 Å².